The molecule has 1 aliphatic rings. The van der Waals surface area contributed by atoms with Gasteiger partial charge in [-0.1, -0.05) is 114 Å². The van der Waals surface area contributed by atoms with Gasteiger partial charge in [-0.15, -0.1) is 27.7 Å². The number of carboxylic acid groups (broad SMARTS) is 1. The minimum Gasteiger partial charge on any atom is -0.478 e. The Bertz CT molecular complexity index is 3830. The first-order chi connectivity index (χ1) is 38.6. The van der Waals surface area contributed by atoms with Crippen LogP contribution in [-0.4, -0.2) is 119 Å². The zero-order chi connectivity index (χ0) is 58.3. The number of Topliss-reactive ketones (excluding diaryl/α,β-unsaturated/α-hetero) is 2. The monoisotopic (exact) mass is 1450 g/mol. The van der Waals surface area contributed by atoms with Crippen LogP contribution in [0.1, 0.15) is 78.3 Å². The topological polar surface area (TPSA) is 226 Å². The number of aromatic nitrogens is 6. The van der Waals surface area contributed by atoms with Crippen LogP contribution in [0.3, 0.4) is 0 Å². The third kappa shape index (κ3) is 16.2. The predicted molar refractivity (Wildman–Crippen MR) is 320 cm³/mol. The molecule has 3 aromatic heterocycles. The van der Waals surface area contributed by atoms with Crippen molar-refractivity contribution in [3.05, 3.63) is 169 Å². The maximum Gasteiger partial charge on any atom is 0.336 e. The highest BCUT2D eigenvalue weighted by molar-refractivity contribution is 9.11. The molecule has 1 aliphatic heterocycles. The molecule has 2 unspecified atom stereocenters. The summed E-state index contributed by atoms with van der Waals surface area (Å²) in [5, 5.41) is 40.2. The molecular formula is C53H42Br3Cl4F3N6O10S3. The highest BCUT2D eigenvalue weighted by atomic mass is 79.9. The van der Waals surface area contributed by atoms with Crippen LogP contribution in [-0.2, 0) is 38.2 Å². The number of carbonyl (C=O) groups is 3. The fourth-order valence-corrected chi connectivity index (χ4v) is 12.2. The van der Waals surface area contributed by atoms with Crippen molar-refractivity contribution in [2.75, 3.05) is 39.6 Å². The van der Waals surface area contributed by atoms with E-state index < -0.39 is 47.7 Å². The SMILES string of the molecule is CC1(C)OCC(COCC(=O)c2cc3snnc3c(F)c2Cc2ccc(Br)cc2Cl)O1.Cl.O=C(COCC(O)CO)c1cc2snnc2c(F)c1Cc1ccc(Br)cc1Cl.O=C(O)c1cc2snnc2c(F)c1Cc1ccc(Br)cc1Cl. The largest absolute Gasteiger partial charge is 0.478 e. The average molecular weight is 1460 g/mol. The first kappa shape index (κ1) is 65.3. The Balaban J connectivity index is 0.000000178. The zero-order valence-electron chi connectivity index (χ0n) is 42.4. The summed E-state index contributed by atoms with van der Waals surface area (Å²) >= 11 is 31.7. The maximum atomic E-state index is 15.3. The van der Waals surface area contributed by atoms with Crippen LogP contribution in [0.15, 0.2) is 86.2 Å². The molecule has 3 N–H and O–H groups in total. The van der Waals surface area contributed by atoms with Crippen molar-refractivity contribution in [3.63, 3.8) is 0 Å². The molecule has 4 heterocycles. The van der Waals surface area contributed by atoms with Crippen LogP contribution >= 0.6 is 130 Å². The summed E-state index contributed by atoms with van der Waals surface area (Å²) in [6.07, 6.45) is -1.05. The Morgan fingerprint density at radius 2 is 1.04 bits per heavy atom. The third-order valence-electron chi connectivity index (χ3n) is 12.1. The van der Waals surface area contributed by atoms with Crippen molar-refractivity contribution < 1.29 is 61.8 Å². The Morgan fingerprint density at radius 3 is 1.39 bits per heavy atom. The lowest BCUT2D eigenvalue weighted by Crippen LogP contribution is -2.25. The summed E-state index contributed by atoms with van der Waals surface area (Å²) < 4.78 is 81.9. The van der Waals surface area contributed by atoms with Gasteiger partial charge in [0.05, 0.1) is 46.1 Å². The number of aliphatic hydroxyl groups is 2. The summed E-state index contributed by atoms with van der Waals surface area (Å²) in [6.45, 7) is 2.97. The van der Waals surface area contributed by atoms with E-state index in [1.165, 1.54) is 6.07 Å². The number of carboxylic acids is 1. The summed E-state index contributed by atoms with van der Waals surface area (Å²) in [5.74, 6) is -4.51. The standard InChI is InChI=1S/C21H19BrClFN2O4S.C18H15BrClFN2O4S.C14H7BrClFN2O2S.ClH/c1-21(2)29-9-13(30-21)8-28-10-17(27)14-7-18-20(25-26-31-18)19(24)15(14)5-11-3-4-12(22)6-16(11)23;19-10-2-1-9(14(20)4-10)3-13-12(15(26)8-27-7-11(25)6-24)5-16-18(17(13)21)22-23-28-16;15-7-2-1-6(10(16)4-7)3-8-9(14(20)21)5-11-13(12(8)17)18-19-22-11;/h3-4,6-7,13H,5,8-10H2,1-2H3;1-2,4-5,11,24-25H,3,6-8H2;1-2,4-5H,3H2,(H,20,21);1H. The lowest BCUT2D eigenvalue weighted by Gasteiger charge is -2.17. The Hall–Kier alpha value is -4.26. The van der Waals surface area contributed by atoms with Crippen LogP contribution in [0.5, 0.6) is 0 Å². The molecule has 0 radical (unpaired) electrons. The molecule has 82 heavy (non-hydrogen) atoms. The minimum absolute atomic E-state index is 0. The second-order valence-electron chi connectivity index (χ2n) is 18.2. The van der Waals surface area contributed by atoms with Gasteiger partial charge in [-0.2, -0.15) is 0 Å². The molecule has 0 aliphatic carbocycles. The summed E-state index contributed by atoms with van der Waals surface area (Å²) in [5.41, 5.74) is 3.01. The van der Waals surface area contributed by atoms with E-state index in [1.54, 1.807) is 60.7 Å². The molecule has 16 nitrogen and oxygen atoms in total. The fourth-order valence-electron chi connectivity index (χ4n) is 8.17. The van der Waals surface area contributed by atoms with Gasteiger partial charge in [-0.25, -0.2) is 18.0 Å². The molecule has 1 fully saturated rings. The van der Waals surface area contributed by atoms with Gasteiger partial charge >= 0.3 is 5.97 Å². The highest BCUT2D eigenvalue weighted by Gasteiger charge is 2.33. The number of hydrogen-bond donors (Lipinski definition) is 3. The number of aliphatic hydroxyl groups excluding tert-OH is 2. The van der Waals surface area contributed by atoms with Gasteiger partial charge in [-0.3, -0.25) is 9.59 Å². The van der Waals surface area contributed by atoms with Gasteiger partial charge in [0.2, 0.25) is 0 Å². The molecule has 0 spiro atoms. The molecule has 9 aromatic rings. The van der Waals surface area contributed by atoms with E-state index in [2.05, 4.69) is 76.6 Å². The van der Waals surface area contributed by atoms with Gasteiger partial charge in [0.15, 0.2) is 34.8 Å². The predicted octanol–water partition coefficient (Wildman–Crippen LogP) is 13.5. The summed E-state index contributed by atoms with van der Waals surface area (Å²) in [4.78, 5) is 37.1. The molecule has 1 saturated heterocycles. The van der Waals surface area contributed by atoms with Crippen LogP contribution < -0.4 is 0 Å². The maximum absolute atomic E-state index is 15.3. The van der Waals surface area contributed by atoms with Crippen molar-refractivity contribution >= 4 is 178 Å². The number of carbonyl (C=O) groups excluding carboxylic acids is 2. The molecular weight excluding hydrogens is 1420 g/mol. The first-order valence-electron chi connectivity index (χ1n) is 23.8. The van der Waals surface area contributed by atoms with E-state index in [1.807, 2.05) is 19.9 Å². The van der Waals surface area contributed by atoms with Crippen molar-refractivity contribution in [2.24, 2.45) is 0 Å². The van der Waals surface area contributed by atoms with Crippen molar-refractivity contribution in [1.82, 2.24) is 28.8 Å². The number of halogens is 10. The minimum atomic E-state index is -1.20. The van der Waals surface area contributed by atoms with E-state index in [0.29, 0.717) is 52.5 Å². The molecule has 6 aromatic carbocycles. The van der Waals surface area contributed by atoms with Crippen LogP contribution in [0.2, 0.25) is 15.1 Å². The molecule has 10 rings (SSSR count). The van der Waals surface area contributed by atoms with Crippen LogP contribution in [0.25, 0.3) is 30.6 Å². The van der Waals surface area contributed by atoms with E-state index in [9.17, 15) is 29.0 Å². The van der Waals surface area contributed by atoms with E-state index >= 15 is 8.78 Å². The number of nitrogens with zero attached hydrogens (tertiary/aromatic N) is 6. The highest BCUT2D eigenvalue weighted by Crippen LogP contribution is 2.35. The van der Waals surface area contributed by atoms with Gasteiger partial charge < -0.3 is 34.3 Å². The first-order valence-corrected chi connectivity index (χ1v) is 29.6. The summed E-state index contributed by atoms with van der Waals surface area (Å²) in [7, 11) is 0. The van der Waals surface area contributed by atoms with Gasteiger partial charge in [0, 0.05) is 75.6 Å². The van der Waals surface area contributed by atoms with Gasteiger partial charge in [-0.05, 0) is 120 Å². The Morgan fingerprint density at radius 1 is 0.659 bits per heavy atom. The normalized spacial score (nSPS) is 14.0. The molecule has 2 atom stereocenters. The quantitative estimate of drug-likeness (QED) is 0.0679. The number of fused-ring (bicyclic) bond motifs is 3. The Labute approximate surface area is 523 Å². The van der Waals surface area contributed by atoms with Crippen molar-refractivity contribution in [3.8, 4) is 0 Å². The van der Waals surface area contributed by atoms with Gasteiger partial charge in [0.1, 0.15) is 42.0 Å². The molecule has 0 amide bonds. The fraction of sp³-hybridized carbons (Fsp3) is 0.264. The number of benzene rings is 6. The number of rotatable bonds is 18. The second-order valence-corrected chi connectivity index (χ2v) is 24.5. The lowest BCUT2D eigenvalue weighted by molar-refractivity contribution is -0.144. The zero-order valence-corrected chi connectivity index (χ0v) is 52.7. The average Bonchev–Trinajstić information content (AvgIpc) is 3.62. The van der Waals surface area contributed by atoms with Crippen LogP contribution in [0, 0.1) is 17.5 Å². The molecule has 0 bridgehead atoms. The van der Waals surface area contributed by atoms with Crippen molar-refractivity contribution in [1.29, 1.82) is 0 Å². The number of ether oxygens (including phenoxy) is 4. The molecule has 0 saturated carbocycles. The molecule has 29 heteroatoms. The van der Waals surface area contributed by atoms with Crippen molar-refractivity contribution in [2.45, 2.75) is 51.1 Å². The van der Waals surface area contributed by atoms with Gasteiger partial charge in [0.25, 0.3) is 0 Å². The Kier molecular flexibility index (Phi) is 23.3. The van der Waals surface area contributed by atoms with Crippen LogP contribution in [0.4, 0.5) is 13.2 Å². The number of aromatic carboxylic acids is 1. The smallest absolute Gasteiger partial charge is 0.336 e. The second kappa shape index (κ2) is 29.2. The van der Waals surface area contributed by atoms with E-state index in [4.69, 9.17) is 58.9 Å². The van der Waals surface area contributed by atoms with E-state index in [0.717, 1.165) is 48.0 Å². The number of hydrogen-bond acceptors (Lipinski definition) is 18. The summed E-state index contributed by atoms with van der Waals surface area (Å²) in [6, 6.07) is 20.3. The third-order valence-corrected chi connectivity index (χ3v) is 16.6. The lowest BCUT2D eigenvalue weighted by atomic mass is 9.96. The number of ketones is 2. The van der Waals surface area contributed by atoms with E-state index in [-0.39, 0.29) is 120 Å². The molecule has 432 valence electrons.